The summed E-state index contributed by atoms with van der Waals surface area (Å²) in [5, 5.41) is 0. The highest BCUT2D eigenvalue weighted by Crippen LogP contribution is 2.27. The molecule has 2 heteroatoms. The maximum atomic E-state index is 11.6. The standard InChI is InChI=1S/C16H17NO/c1-12(18)16(17)15(13-8-4-2-5-9-13)14-10-6-3-7-11-14/h2-11,15-16H,17H2,1H3/t16-/m1/s1. The van der Waals surface area contributed by atoms with Gasteiger partial charge < -0.3 is 5.73 Å². The number of ketones is 1. The zero-order chi connectivity index (χ0) is 13.0. The highest BCUT2D eigenvalue weighted by Gasteiger charge is 2.24. The van der Waals surface area contributed by atoms with Crippen molar-refractivity contribution in [1.82, 2.24) is 0 Å². The van der Waals surface area contributed by atoms with E-state index in [0.29, 0.717) is 0 Å². The Balaban J connectivity index is 2.45. The minimum absolute atomic E-state index is 0.00714. The third-order valence-corrected chi connectivity index (χ3v) is 3.15. The van der Waals surface area contributed by atoms with Gasteiger partial charge in [-0.1, -0.05) is 60.7 Å². The topological polar surface area (TPSA) is 43.1 Å². The molecule has 0 aliphatic rings. The van der Waals surface area contributed by atoms with Crippen LogP contribution in [-0.2, 0) is 4.79 Å². The van der Waals surface area contributed by atoms with Crippen LogP contribution in [0.1, 0.15) is 24.0 Å². The van der Waals surface area contributed by atoms with E-state index in [1.54, 1.807) is 6.92 Å². The van der Waals surface area contributed by atoms with E-state index < -0.39 is 6.04 Å². The molecule has 0 amide bonds. The van der Waals surface area contributed by atoms with Gasteiger partial charge in [0.25, 0.3) is 0 Å². The quantitative estimate of drug-likeness (QED) is 0.891. The van der Waals surface area contributed by atoms with E-state index in [-0.39, 0.29) is 11.7 Å². The predicted octanol–water partition coefficient (Wildman–Crippen LogP) is 2.73. The molecule has 0 aromatic heterocycles. The lowest BCUT2D eigenvalue weighted by Crippen LogP contribution is -2.35. The molecule has 0 aliphatic heterocycles. The highest BCUT2D eigenvalue weighted by molar-refractivity contribution is 5.83. The molecule has 92 valence electrons. The molecule has 2 nitrogen and oxygen atoms in total. The number of carbonyl (C=O) groups is 1. The van der Waals surface area contributed by atoms with Gasteiger partial charge in [-0.25, -0.2) is 0 Å². The Bertz CT molecular complexity index is 468. The molecule has 2 N–H and O–H groups in total. The van der Waals surface area contributed by atoms with Gasteiger partial charge in [0, 0.05) is 5.92 Å². The Morgan fingerprint density at radius 2 is 1.28 bits per heavy atom. The minimum Gasteiger partial charge on any atom is -0.321 e. The van der Waals surface area contributed by atoms with Crippen molar-refractivity contribution >= 4 is 5.78 Å². The molecule has 0 saturated heterocycles. The van der Waals surface area contributed by atoms with E-state index >= 15 is 0 Å². The lowest BCUT2D eigenvalue weighted by atomic mass is 9.84. The molecule has 0 heterocycles. The third-order valence-electron chi connectivity index (χ3n) is 3.15. The smallest absolute Gasteiger partial charge is 0.147 e. The number of nitrogens with two attached hydrogens (primary N) is 1. The summed E-state index contributed by atoms with van der Waals surface area (Å²) in [6, 6.07) is 19.4. The number of hydrogen-bond acceptors (Lipinski definition) is 2. The number of benzene rings is 2. The van der Waals surface area contributed by atoms with E-state index in [4.69, 9.17) is 5.73 Å². The fraction of sp³-hybridized carbons (Fsp3) is 0.188. The Labute approximate surface area is 107 Å². The summed E-state index contributed by atoms with van der Waals surface area (Å²) in [5.74, 6) is -0.0717. The normalized spacial score (nSPS) is 12.4. The van der Waals surface area contributed by atoms with Crippen molar-refractivity contribution in [2.45, 2.75) is 18.9 Å². The number of Topliss-reactive ketones (excluding diaryl/α,β-unsaturated/α-hetero) is 1. The van der Waals surface area contributed by atoms with Crippen LogP contribution in [0.4, 0.5) is 0 Å². The molecule has 0 bridgehead atoms. The van der Waals surface area contributed by atoms with Crippen LogP contribution in [0.25, 0.3) is 0 Å². The molecular formula is C16H17NO. The fourth-order valence-corrected chi connectivity index (χ4v) is 2.16. The molecule has 2 aromatic rings. The summed E-state index contributed by atoms with van der Waals surface area (Å²) in [4.78, 5) is 11.6. The highest BCUT2D eigenvalue weighted by atomic mass is 16.1. The van der Waals surface area contributed by atoms with Gasteiger partial charge in [-0.05, 0) is 18.1 Å². The van der Waals surface area contributed by atoms with Crippen LogP contribution in [-0.4, -0.2) is 11.8 Å². The second-order valence-electron chi connectivity index (χ2n) is 4.44. The Hall–Kier alpha value is -1.93. The van der Waals surface area contributed by atoms with Crippen LogP contribution >= 0.6 is 0 Å². The Kier molecular flexibility index (Phi) is 3.90. The molecule has 0 fully saturated rings. The largest absolute Gasteiger partial charge is 0.321 e. The van der Waals surface area contributed by atoms with Crippen LogP contribution in [0.5, 0.6) is 0 Å². The summed E-state index contributed by atoms with van der Waals surface area (Å²) in [6.45, 7) is 1.55. The van der Waals surface area contributed by atoms with Gasteiger partial charge in [0.1, 0.15) is 5.78 Å². The lowest BCUT2D eigenvalue weighted by Gasteiger charge is -2.23. The van der Waals surface area contributed by atoms with Crippen molar-refractivity contribution in [3.63, 3.8) is 0 Å². The summed E-state index contributed by atoms with van der Waals surface area (Å²) in [7, 11) is 0. The van der Waals surface area contributed by atoms with Crippen molar-refractivity contribution in [3.8, 4) is 0 Å². The fourth-order valence-electron chi connectivity index (χ4n) is 2.16. The van der Waals surface area contributed by atoms with Crippen LogP contribution in [0.3, 0.4) is 0 Å². The van der Waals surface area contributed by atoms with Crippen molar-refractivity contribution in [1.29, 1.82) is 0 Å². The summed E-state index contributed by atoms with van der Waals surface area (Å²) >= 11 is 0. The molecule has 18 heavy (non-hydrogen) atoms. The summed E-state index contributed by atoms with van der Waals surface area (Å²) < 4.78 is 0. The van der Waals surface area contributed by atoms with Gasteiger partial charge in [0.15, 0.2) is 0 Å². The molecule has 0 spiro atoms. The van der Waals surface area contributed by atoms with Crippen LogP contribution in [0.15, 0.2) is 60.7 Å². The first-order chi connectivity index (χ1) is 8.70. The first kappa shape index (κ1) is 12.5. The molecule has 2 aromatic carbocycles. The molecular weight excluding hydrogens is 222 g/mol. The average molecular weight is 239 g/mol. The number of hydrogen-bond donors (Lipinski definition) is 1. The zero-order valence-corrected chi connectivity index (χ0v) is 10.4. The molecule has 0 radical (unpaired) electrons. The average Bonchev–Trinajstić information content (AvgIpc) is 2.41. The van der Waals surface area contributed by atoms with Crippen molar-refractivity contribution in [2.75, 3.05) is 0 Å². The van der Waals surface area contributed by atoms with Crippen LogP contribution < -0.4 is 5.73 Å². The number of rotatable bonds is 4. The zero-order valence-electron chi connectivity index (χ0n) is 10.4. The van der Waals surface area contributed by atoms with Crippen molar-refractivity contribution < 1.29 is 4.79 Å². The maximum absolute atomic E-state index is 11.6. The van der Waals surface area contributed by atoms with Gasteiger partial charge >= 0.3 is 0 Å². The van der Waals surface area contributed by atoms with E-state index in [1.165, 1.54) is 0 Å². The predicted molar refractivity (Wildman–Crippen MR) is 73.4 cm³/mol. The SMILES string of the molecule is CC(=O)[C@@H](N)C(c1ccccc1)c1ccccc1. The van der Waals surface area contributed by atoms with E-state index in [0.717, 1.165) is 11.1 Å². The first-order valence-electron chi connectivity index (χ1n) is 6.06. The van der Waals surface area contributed by atoms with E-state index in [9.17, 15) is 4.79 Å². The molecule has 0 aliphatic carbocycles. The molecule has 1 atom stereocenters. The number of carbonyl (C=O) groups excluding carboxylic acids is 1. The Morgan fingerprint density at radius 1 is 0.889 bits per heavy atom. The van der Waals surface area contributed by atoms with E-state index in [1.807, 2.05) is 60.7 Å². The van der Waals surface area contributed by atoms with Crippen molar-refractivity contribution in [2.24, 2.45) is 5.73 Å². The molecule has 0 saturated carbocycles. The summed E-state index contributed by atoms with van der Waals surface area (Å²) in [6.07, 6.45) is 0. The van der Waals surface area contributed by atoms with Gasteiger partial charge in [-0.15, -0.1) is 0 Å². The van der Waals surface area contributed by atoms with Gasteiger partial charge in [-0.2, -0.15) is 0 Å². The second kappa shape index (κ2) is 5.61. The maximum Gasteiger partial charge on any atom is 0.147 e. The van der Waals surface area contributed by atoms with Crippen molar-refractivity contribution in [3.05, 3.63) is 71.8 Å². The Morgan fingerprint density at radius 3 is 1.61 bits per heavy atom. The molecule has 0 unspecified atom stereocenters. The second-order valence-corrected chi connectivity index (χ2v) is 4.44. The summed E-state index contributed by atoms with van der Waals surface area (Å²) in [5.41, 5.74) is 8.23. The van der Waals surface area contributed by atoms with Gasteiger partial charge in [0.2, 0.25) is 0 Å². The van der Waals surface area contributed by atoms with Crippen LogP contribution in [0, 0.1) is 0 Å². The first-order valence-corrected chi connectivity index (χ1v) is 6.06. The molecule has 2 rings (SSSR count). The lowest BCUT2D eigenvalue weighted by molar-refractivity contribution is -0.118. The van der Waals surface area contributed by atoms with Gasteiger partial charge in [-0.3, -0.25) is 4.79 Å². The van der Waals surface area contributed by atoms with Crippen LogP contribution in [0.2, 0.25) is 0 Å². The minimum atomic E-state index is -0.505. The van der Waals surface area contributed by atoms with Gasteiger partial charge in [0.05, 0.1) is 6.04 Å². The van der Waals surface area contributed by atoms with E-state index in [2.05, 4.69) is 0 Å². The third kappa shape index (κ3) is 2.66. The monoisotopic (exact) mass is 239 g/mol.